The zero-order valence-corrected chi connectivity index (χ0v) is 14.4. The molecule has 0 unspecified atom stereocenters. The van der Waals surface area contributed by atoms with Crippen LogP contribution >= 0.6 is 11.6 Å². The topological polar surface area (TPSA) is 84.7 Å². The first-order valence-electron chi connectivity index (χ1n) is 7.95. The third-order valence-electron chi connectivity index (χ3n) is 4.80. The van der Waals surface area contributed by atoms with E-state index < -0.39 is 18.1 Å². The van der Waals surface area contributed by atoms with Crippen LogP contribution in [0.4, 0.5) is 18.0 Å². The van der Waals surface area contributed by atoms with Gasteiger partial charge in [0.25, 0.3) is 0 Å². The number of primary amides is 1. The van der Waals surface area contributed by atoms with Crippen molar-refractivity contribution in [1.82, 2.24) is 10.2 Å². The fourth-order valence-corrected chi connectivity index (χ4v) is 3.88. The third-order valence-corrected chi connectivity index (χ3v) is 5.02. The second-order valence-corrected chi connectivity index (χ2v) is 7.18. The minimum absolute atomic E-state index is 0.0702. The molecule has 26 heavy (non-hydrogen) atoms. The Morgan fingerprint density at radius 2 is 1.96 bits per heavy atom. The number of urea groups is 1. The van der Waals surface area contributed by atoms with Gasteiger partial charge in [-0.05, 0) is 48.9 Å². The summed E-state index contributed by atoms with van der Waals surface area (Å²) in [4.78, 5) is 25.0. The number of nitrogens with two attached hydrogens (primary N) is 1. The van der Waals surface area contributed by atoms with Gasteiger partial charge in [0.1, 0.15) is 5.75 Å². The molecule has 3 aliphatic carbocycles. The van der Waals surface area contributed by atoms with E-state index >= 15 is 0 Å². The Bertz CT molecular complexity index is 724. The maximum absolute atomic E-state index is 12.5. The third kappa shape index (κ3) is 3.98. The molecule has 6 nitrogen and oxygen atoms in total. The highest BCUT2D eigenvalue weighted by molar-refractivity contribution is 6.30. The van der Waals surface area contributed by atoms with Crippen LogP contribution in [0.2, 0.25) is 5.02 Å². The van der Waals surface area contributed by atoms with Crippen LogP contribution in [0.3, 0.4) is 0 Å². The van der Waals surface area contributed by atoms with E-state index in [1.165, 1.54) is 12.1 Å². The quantitative estimate of drug-likeness (QED) is 0.782. The molecule has 4 rings (SSSR count). The van der Waals surface area contributed by atoms with Crippen molar-refractivity contribution in [2.24, 2.45) is 11.7 Å². The van der Waals surface area contributed by atoms with Gasteiger partial charge in [-0.25, -0.2) is 4.79 Å². The fourth-order valence-electron chi connectivity index (χ4n) is 3.63. The summed E-state index contributed by atoms with van der Waals surface area (Å²) in [7, 11) is 0. The molecule has 3 fully saturated rings. The highest BCUT2D eigenvalue weighted by atomic mass is 35.5. The summed E-state index contributed by atoms with van der Waals surface area (Å²) in [5.74, 6) is -0.210. The molecule has 10 heteroatoms. The average Bonchev–Trinajstić information content (AvgIpc) is 2.37. The van der Waals surface area contributed by atoms with Crippen LogP contribution < -0.4 is 15.8 Å². The molecule has 1 aromatic carbocycles. The number of carbonyl (C=O) groups is 2. The molecule has 0 saturated heterocycles. The molecule has 1 aromatic rings. The van der Waals surface area contributed by atoms with E-state index in [0.29, 0.717) is 11.5 Å². The normalized spacial score (nSPS) is 23.5. The molecule has 142 valence electrons. The Morgan fingerprint density at radius 3 is 2.46 bits per heavy atom. The van der Waals surface area contributed by atoms with Crippen LogP contribution in [0.15, 0.2) is 18.2 Å². The summed E-state index contributed by atoms with van der Waals surface area (Å²) in [6.45, 7) is -0.199. The van der Waals surface area contributed by atoms with E-state index in [0.717, 1.165) is 25.3 Å². The summed E-state index contributed by atoms with van der Waals surface area (Å²) in [6, 6.07) is 2.92. The minimum atomic E-state index is -4.84. The summed E-state index contributed by atoms with van der Waals surface area (Å²) < 4.78 is 41.3. The Balaban J connectivity index is 1.78. The van der Waals surface area contributed by atoms with E-state index in [2.05, 4.69) is 10.1 Å². The molecule has 0 aromatic heterocycles. The van der Waals surface area contributed by atoms with Crippen molar-refractivity contribution < 1.29 is 27.5 Å². The van der Waals surface area contributed by atoms with Gasteiger partial charge in [0.2, 0.25) is 5.91 Å². The number of hydrogen-bond donors (Lipinski definition) is 2. The van der Waals surface area contributed by atoms with Gasteiger partial charge >= 0.3 is 12.4 Å². The molecule has 3 N–H and O–H groups in total. The lowest BCUT2D eigenvalue weighted by Crippen LogP contribution is -2.70. The monoisotopic (exact) mass is 391 g/mol. The van der Waals surface area contributed by atoms with Crippen molar-refractivity contribution in [3.63, 3.8) is 0 Å². The van der Waals surface area contributed by atoms with Gasteiger partial charge in [-0.15, -0.1) is 13.2 Å². The number of benzene rings is 1. The van der Waals surface area contributed by atoms with Gasteiger partial charge in [0.15, 0.2) is 0 Å². The standard InChI is InChI=1S/C16H17ClF3N3O3/c17-11-1-9(2-12(3-11)26-16(18,19)20)8-23(13(24)7-22-14(21)25)15-4-10(5-15)6-15/h1-3,10H,4-8H2,(H3,21,22,25). The molecule has 3 aliphatic rings. The Hall–Kier alpha value is -2.16. The second-order valence-electron chi connectivity index (χ2n) is 6.74. The molecule has 0 atom stereocenters. The SMILES string of the molecule is NC(=O)NCC(=O)N(Cc1cc(Cl)cc(OC(F)(F)F)c1)C12CC(C1)C2. The number of rotatable bonds is 6. The zero-order valence-electron chi connectivity index (χ0n) is 13.6. The number of hydrogen-bond acceptors (Lipinski definition) is 3. The second kappa shape index (κ2) is 6.53. The molecular weight excluding hydrogens is 375 g/mol. The molecule has 3 saturated carbocycles. The lowest BCUT2D eigenvalue weighted by molar-refractivity contribution is -0.274. The molecule has 0 radical (unpaired) electrons. The van der Waals surface area contributed by atoms with Crippen LogP contribution in [0, 0.1) is 5.92 Å². The first kappa shape index (κ1) is 18.6. The van der Waals surface area contributed by atoms with Gasteiger partial charge in [0, 0.05) is 17.1 Å². The smallest absolute Gasteiger partial charge is 0.406 e. The van der Waals surface area contributed by atoms with E-state index in [-0.39, 0.29) is 29.6 Å². The number of halogens is 4. The first-order chi connectivity index (χ1) is 12.1. The molecule has 3 amide bonds. The van der Waals surface area contributed by atoms with Crippen LogP contribution in [0.1, 0.15) is 24.8 Å². The highest BCUT2D eigenvalue weighted by Gasteiger charge is 2.61. The predicted octanol–water partition coefficient (Wildman–Crippen LogP) is 2.79. The van der Waals surface area contributed by atoms with Crippen LogP contribution in [0.5, 0.6) is 5.75 Å². The highest BCUT2D eigenvalue weighted by Crippen LogP contribution is 2.60. The predicted molar refractivity (Wildman–Crippen MR) is 86.3 cm³/mol. The lowest BCUT2D eigenvalue weighted by atomic mass is 9.49. The maximum Gasteiger partial charge on any atom is 0.573 e. The Morgan fingerprint density at radius 1 is 1.31 bits per heavy atom. The van der Waals surface area contributed by atoms with E-state index in [9.17, 15) is 22.8 Å². The molecular formula is C16H17ClF3N3O3. The average molecular weight is 392 g/mol. The Kier molecular flexibility index (Phi) is 4.68. The number of alkyl halides is 3. The molecule has 0 spiro atoms. The summed E-state index contributed by atoms with van der Waals surface area (Å²) in [6.07, 6.45) is -2.29. The Labute approximate surface area is 152 Å². The van der Waals surface area contributed by atoms with Crippen LogP contribution in [0.25, 0.3) is 0 Å². The summed E-state index contributed by atoms with van der Waals surface area (Å²) in [5, 5.41) is 2.32. The molecule has 2 bridgehead atoms. The largest absolute Gasteiger partial charge is 0.573 e. The lowest BCUT2D eigenvalue weighted by Gasteiger charge is -2.66. The van der Waals surface area contributed by atoms with Crippen LogP contribution in [-0.2, 0) is 11.3 Å². The first-order valence-corrected chi connectivity index (χ1v) is 8.33. The molecule has 0 aliphatic heterocycles. The number of ether oxygens (including phenoxy) is 1. The fraction of sp³-hybridized carbons (Fsp3) is 0.500. The number of nitrogens with one attached hydrogen (secondary N) is 1. The van der Waals surface area contributed by atoms with Gasteiger partial charge in [-0.3, -0.25) is 4.79 Å². The minimum Gasteiger partial charge on any atom is -0.406 e. The number of carbonyl (C=O) groups excluding carboxylic acids is 2. The van der Waals surface area contributed by atoms with E-state index in [1.54, 1.807) is 4.90 Å². The van der Waals surface area contributed by atoms with Crippen LogP contribution in [-0.4, -0.2) is 35.3 Å². The van der Waals surface area contributed by atoms with E-state index in [4.69, 9.17) is 17.3 Å². The summed E-state index contributed by atoms with van der Waals surface area (Å²) >= 11 is 5.89. The van der Waals surface area contributed by atoms with Crippen molar-refractivity contribution in [1.29, 1.82) is 0 Å². The van der Waals surface area contributed by atoms with Crippen molar-refractivity contribution in [3.05, 3.63) is 28.8 Å². The maximum atomic E-state index is 12.5. The zero-order chi connectivity index (χ0) is 19.1. The number of nitrogens with zero attached hydrogens (tertiary/aromatic N) is 1. The van der Waals surface area contributed by atoms with Gasteiger partial charge in [-0.1, -0.05) is 11.6 Å². The van der Waals surface area contributed by atoms with E-state index in [1.807, 2.05) is 0 Å². The van der Waals surface area contributed by atoms with Gasteiger partial charge < -0.3 is 20.7 Å². The molecule has 0 heterocycles. The van der Waals surface area contributed by atoms with Crippen molar-refractivity contribution in [2.75, 3.05) is 6.54 Å². The summed E-state index contributed by atoms with van der Waals surface area (Å²) in [5.41, 5.74) is 5.11. The van der Waals surface area contributed by atoms with Gasteiger partial charge in [0.05, 0.1) is 6.54 Å². The van der Waals surface area contributed by atoms with Gasteiger partial charge in [-0.2, -0.15) is 0 Å². The number of amides is 3. The van der Waals surface area contributed by atoms with Crippen molar-refractivity contribution >= 4 is 23.5 Å². The van der Waals surface area contributed by atoms with Crippen molar-refractivity contribution in [2.45, 2.75) is 37.7 Å². The van der Waals surface area contributed by atoms with Crippen molar-refractivity contribution in [3.8, 4) is 5.75 Å².